The van der Waals surface area contributed by atoms with Gasteiger partial charge in [0.15, 0.2) is 5.78 Å². The molecule has 2 aromatic rings. The Balaban J connectivity index is 2.39. The fraction of sp³-hybridized carbons (Fsp3) is 0.278. The lowest BCUT2D eigenvalue weighted by Crippen LogP contribution is -2.10. The number of rotatable bonds is 6. The SMILES string of the molecule is Cc1cnn(C)c1C=CC(=O)c1cc(C(=O)O)ccc1OC(C)C. The quantitative estimate of drug-likeness (QED) is 0.651. The van der Waals surface area contributed by atoms with E-state index in [0.29, 0.717) is 5.75 Å². The van der Waals surface area contributed by atoms with Crippen molar-refractivity contribution in [2.24, 2.45) is 7.05 Å². The first-order chi connectivity index (χ1) is 11.3. The molecule has 126 valence electrons. The minimum Gasteiger partial charge on any atom is -0.490 e. The van der Waals surface area contributed by atoms with Crippen LogP contribution in [0.2, 0.25) is 0 Å². The predicted octanol–water partition coefficient (Wildman–Crippen LogP) is 3.11. The number of nitrogens with zero attached hydrogens (tertiary/aromatic N) is 2. The number of aromatic carboxylic acids is 1. The molecule has 1 N–H and O–H groups in total. The molecule has 24 heavy (non-hydrogen) atoms. The number of allylic oxidation sites excluding steroid dienone is 1. The van der Waals surface area contributed by atoms with Crippen molar-refractivity contribution in [2.45, 2.75) is 26.9 Å². The van der Waals surface area contributed by atoms with Crippen molar-refractivity contribution in [3.63, 3.8) is 0 Å². The second-order valence-electron chi connectivity index (χ2n) is 5.72. The van der Waals surface area contributed by atoms with Gasteiger partial charge in [-0.05, 0) is 56.7 Å². The van der Waals surface area contributed by atoms with E-state index in [4.69, 9.17) is 9.84 Å². The van der Waals surface area contributed by atoms with Crippen LogP contribution in [0.1, 0.15) is 45.8 Å². The third-order valence-electron chi connectivity index (χ3n) is 3.42. The molecule has 1 heterocycles. The van der Waals surface area contributed by atoms with Crippen molar-refractivity contribution in [3.05, 3.63) is 52.9 Å². The smallest absolute Gasteiger partial charge is 0.335 e. The first-order valence-corrected chi connectivity index (χ1v) is 7.54. The molecule has 0 bridgehead atoms. The topological polar surface area (TPSA) is 81.4 Å². The zero-order chi connectivity index (χ0) is 17.9. The van der Waals surface area contributed by atoms with Crippen molar-refractivity contribution in [1.82, 2.24) is 9.78 Å². The molecule has 0 aliphatic heterocycles. The molecule has 0 unspecified atom stereocenters. The lowest BCUT2D eigenvalue weighted by molar-refractivity contribution is 0.0697. The molecule has 0 saturated carbocycles. The summed E-state index contributed by atoms with van der Waals surface area (Å²) in [5, 5.41) is 13.2. The zero-order valence-corrected chi connectivity index (χ0v) is 14.1. The average Bonchev–Trinajstić information content (AvgIpc) is 2.83. The monoisotopic (exact) mass is 328 g/mol. The molecule has 0 saturated heterocycles. The van der Waals surface area contributed by atoms with E-state index in [9.17, 15) is 9.59 Å². The summed E-state index contributed by atoms with van der Waals surface area (Å²) in [5.74, 6) is -1.05. The highest BCUT2D eigenvalue weighted by atomic mass is 16.5. The Morgan fingerprint density at radius 2 is 2.04 bits per heavy atom. The van der Waals surface area contributed by atoms with Crippen LogP contribution in [0.3, 0.4) is 0 Å². The summed E-state index contributed by atoms with van der Waals surface area (Å²) in [6.45, 7) is 5.58. The highest BCUT2D eigenvalue weighted by molar-refractivity contribution is 6.09. The molecule has 0 aliphatic rings. The third kappa shape index (κ3) is 3.90. The number of ether oxygens (including phenoxy) is 1. The second kappa shape index (κ2) is 7.12. The summed E-state index contributed by atoms with van der Waals surface area (Å²) < 4.78 is 7.29. The maximum atomic E-state index is 12.6. The Kier molecular flexibility index (Phi) is 5.18. The number of hydrogen-bond acceptors (Lipinski definition) is 4. The van der Waals surface area contributed by atoms with Gasteiger partial charge >= 0.3 is 5.97 Å². The van der Waals surface area contributed by atoms with Crippen molar-refractivity contribution < 1.29 is 19.4 Å². The van der Waals surface area contributed by atoms with Gasteiger partial charge in [-0.3, -0.25) is 9.48 Å². The van der Waals surface area contributed by atoms with Gasteiger partial charge in [0, 0.05) is 7.05 Å². The number of benzene rings is 1. The van der Waals surface area contributed by atoms with Gasteiger partial charge in [0.25, 0.3) is 0 Å². The highest BCUT2D eigenvalue weighted by Gasteiger charge is 2.15. The largest absolute Gasteiger partial charge is 0.490 e. The van der Waals surface area contributed by atoms with Crippen LogP contribution in [-0.4, -0.2) is 32.7 Å². The number of aryl methyl sites for hydroxylation is 2. The Morgan fingerprint density at radius 1 is 1.33 bits per heavy atom. The van der Waals surface area contributed by atoms with Crippen LogP contribution >= 0.6 is 0 Å². The second-order valence-corrected chi connectivity index (χ2v) is 5.72. The standard InChI is InChI=1S/C18H20N2O4/c1-11(2)24-17-8-5-13(18(22)23)9-14(17)16(21)7-6-15-12(3)10-19-20(15)4/h5-11H,1-4H3,(H,22,23). The molecule has 0 atom stereocenters. The van der Waals surface area contributed by atoms with Crippen LogP contribution in [0.4, 0.5) is 0 Å². The number of hydrogen-bond donors (Lipinski definition) is 1. The maximum Gasteiger partial charge on any atom is 0.335 e. The number of carboxylic acids is 1. The first-order valence-electron chi connectivity index (χ1n) is 7.54. The number of carboxylic acid groups (broad SMARTS) is 1. The maximum absolute atomic E-state index is 12.6. The van der Waals surface area contributed by atoms with Crippen LogP contribution in [-0.2, 0) is 7.05 Å². The predicted molar refractivity (Wildman–Crippen MR) is 90.5 cm³/mol. The van der Waals surface area contributed by atoms with Crippen molar-refractivity contribution in [3.8, 4) is 5.75 Å². The minimum atomic E-state index is -1.09. The summed E-state index contributed by atoms with van der Waals surface area (Å²) in [5.41, 5.74) is 2.02. The molecular weight excluding hydrogens is 308 g/mol. The van der Waals surface area contributed by atoms with E-state index in [1.54, 1.807) is 24.0 Å². The van der Waals surface area contributed by atoms with Gasteiger partial charge < -0.3 is 9.84 Å². The van der Waals surface area contributed by atoms with Gasteiger partial charge in [-0.2, -0.15) is 5.10 Å². The van der Waals surface area contributed by atoms with E-state index in [1.165, 1.54) is 24.3 Å². The van der Waals surface area contributed by atoms with Crippen molar-refractivity contribution in [1.29, 1.82) is 0 Å². The lowest BCUT2D eigenvalue weighted by atomic mass is 10.0. The highest BCUT2D eigenvalue weighted by Crippen LogP contribution is 2.23. The molecule has 0 fully saturated rings. The van der Waals surface area contributed by atoms with E-state index in [2.05, 4.69) is 5.10 Å². The molecule has 6 nitrogen and oxygen atoms in total. The Bertz CT molecular complexity index is 784. The summed E-state index contributed by atoms with van der Waals surface area (Å²) >= 11 is 0. The molecule has 0 spiro atoms. The Morgan fingerprint density at radius 3 is 2.58 bits per heavy atom. The van der Waals surface area contributed by atoms with Crippen molar-refractivity contribution in [2.75, 3.05) is 0 Å². The molecule has 0 aliphatic carbocycles. The summed E-state index contributed by atoms with van der Waals surface area (Å²) in [4.78, 5) is 23.7. The van der Waals surface area contributed by atoms with Crippen LogP contribution in [0, 0.1) is 6.92 Å². The van der Waals surface area contributed by atoms with Gasteiger partial charge in [0.1, 0.15) is 5.75 Å². The fourth-order valence-electron chi connectivity index (χ4n) is 2.25. The molecule has 0 amide bonds. The number of carbonyl (C=O) groups excluding carboxylic acids is 1. The van der Waals surface area contributed by atoms with Crippen LogP contribution < -0.4 is 4.74 Å². The molecule has 2 rings (SSSR count). The summed E-state index contributed by atoms with van der Waals surface area (Å²) in [7, 11) is 1.79. The Labute approximate surface area is 140 Å². The van der Waals surface area contributed by atoms with E-state index in [-0.39, 0.29) is 23.0 Å². The normalized spacial score (nSPS) is 11.2. The first kappa shape index (κ1) is 17.5. The minimum absolute atomic E-state index is 0.0413. The number of carbonyl (C=O) groups is 2. The van der Waals surface area contributed by atoms with Gasteiger partial charge in [-0.25, -0.2) is 4.79 Å². The van der Waals surface area contributed by atoms with Gasteiger partial charge in [-0.15, -0.1) is 0 Å². The van der Waals surface area contributed by atoms with Crippen LogP contribution in [0.5, 0.6) is 5.75 Å². The van der Waals surface area contributed by atoms with Gasteiger partial charge in [0.05, 0.1) is 29.1 Å². The average molecular weight is 328 g/mol. The molecule has 1 aromatic carbocycles. The zero-order valence-electron chi connectivity index (χ0n) is 14.1. The van der Waals surface area contributed by atoms with Crippen LogP contribution in [0.25, 0.3) is 6.08 Å². The van der Waals surface area contributed by atoms with E-state index < -0.39 is 5.97 Å². The van der Waals surface area contributed by atoms with Gasteiger partial charge in [0.2, 0.25) is 0 Å². The molecular formula is C18H20N2O4. The molecule has 1 aromatic heterocycles. The Hall–Kier alpha value is -2.89. The van der Waals surface area contributed by atoms with Gasteiger partial charge in [-0.1, -0.05) is 0 Å². The van der Waals surface area contributed by atoms with E-state index >= 15 is 0 Å². The lowest BCUT2D eigenvalue weighted by Gasteiger charge is -2.13. The third-order valence-corrected chi connectivity index (χ3v) is 3.42. The van der Waals surface area contributed by atoms with Crippen LogP contribution in [0.15, 0.2) is 30.5 Å². The number of aromatic nitrogens is 2. The number of ketones is 1. The fourth-order valence-corrected chi connectivity index (χ4v) is 2.25. The molecule has 6 heteroatoms. The van der Waals surface area contributed by atoms with E-state index in [0.717, 1.165) is 11.3 Å². The summed E-state index contributed by atoms with van der Waals surface area (Å²) in [6, 6.07) is 4.27. The van der Waals surface area contributed by atoms with Crippen molar-refractivity contribution >= 4 is 17.8 Å². The summed E-state index contributed by atoms with van der Waals surface area (Å²) in [6.07, 6.45) is 4.65. The van der Waals surface area contributed by atoms with E-state index in [1.807, 2.05) is 20.8 Å². The molecule has 0 radical (unpaired) electrons.